The summed E-state index contributed by atoms with van der Waals surface area (Å²) in [4.78, 5) is 0. The number of ether oxygens (including phenoxy) is 1. The smallest absolute Gasteiger partial charge is 0.127 e. The second-order valence-corrected chi connectivity index (χ2v) is 12.7. The zero-order valence-corrected chi connectivity index (χ0v) is 24.9. The lowest BCUT2D eigenvalue weighted by Gasteiger charge is -2.38. The molecule has 0 bridgehead atoms. The number of aliphatic hydroxyl groups is 1. The Balaban J connectivity index is 1.31. The highest BCUT2D eigenvalue weighted by atomic mass is 19.1. The molecule has 2 nitrogen and oxygen atoms in total. The van der Waals surface area contributed by atoms with Gasteiger partial charge < -0.3 is 9.84 Å². The lowest BCUT2D eigenvalue weighted by atomic mass is 9.67. The number of hydrogen-bond acceptors (Lipinski definition) is 2. The summed E-state index contributed by atoms with van der Waals surface area (Å²) in [5.41, 5.74) is 5.90. The minimum absolute atomic E-state index is 0.0507. The fourth-order valence-corrected chi connectivity index (χ4v) is 7.65. The summed E-state index contributed by atoms with van der Waals surface area (Å²) < 4.78 is 20.2. The molecule has 216 valence electrons. The third kappa shape index (κ3) is 8.17. The second-order valence-electron chi connectivity index (χ2n) is 12.7. The third-order valence-corrected chi connectivity index (χ3v) is 10.1. The Labute approximate surface area is 237 Å². The molecule has 4 rings (SSSR count). The van der Waals surface area contributed by atoms with E-state index in [-0.39, 0.29) is 12.4 Å². The molecule has 0 aliphatic heterocycles. The van der Waals surface area contributed by atoms with Gasteiger partial charge in [0, 0.05) is 19.6 Å². The van der Waals surface area contributed by atoms with Crippen LogP contribution in [0.5, 0.6) is 0 Å². The third-order valence-electron chi connectivity index (χ3n) is 10.1. The second kappa shape index (κ2) is 15.3. The summed E-state index contributed by atoms with van der Waals surface area (Å²) in [6.45, 7) is 5.35. The van der Waals surface area contributed by atoms with E-state index in [9.17, 15) is 9.50 Å². The van der Waals surface area contributed by atoms with Crippen LogP contribution in [-0.4, -0.2) is 25.4 Å². The van der Waals surface area contributed by atoms with Gasteiger partial charge in [0.2, 0.25) is 0 Å². The molecule has 0 saturated heterocycles. The maximum atomic E-state index is 14.9. The Morgan fingerprint density at radius 2 is 1.59 bits per heavy atom. The van der Waals surface area contributed by atoms with Crippen molar-refractivity contribution in [3.05, 3.63) is 58.9 Å². The minimum Gasteiger partial charge on any atom is -0.396 e. The van der Waals surface area contributed by atoms with Gasteiger partial charge in [0.05, 0.1) is 6.61 Å². The molecule has 1 atom stereocenters. The summed E-state index contributed by atoms with van der Waals surface area (Å²) in [6.07, 6.45) is 17.0. The average Bonchev–Trinajstić information content (AvgIpc) is 2.98. The molecule has 2 fully saturated rings. The van der Waals surface area contributed by atoms with Gasteiger partial charge in [-0.1, -0.05) is 69.9 Å². The van der Waals surface area contributed by atoms with Gasteiger partial charge >= 0.3 is 0 Å². The molecule has 2 aromatic rings. The minimum atomic E-state index is -0.0507. The predicted molar refractivity (Wildman–Crippen MR) is 162 cm³/mol. The molecule has 2 aliphatic rings. The first kappa shape index (κ1) is 30.3. The molecule has 0 spiro atoms. The van der Waals surface area contributed by atoms with Crippen LogP contribution in [-0.2, 0) is 17.6 Å². The average molecular weight is 537 g/mol. The fourth-order valence-electron chi connectivity index (χ4n) is 7.65. The van der Waals surface area contributed by atoms with Crippen LogP contribution in [0.4, 0.5) is 4.39 Å². The van der Waals surface area contributed by atoms with Gasteiger partial charge in [-0.15, -0.1) is 0 Å². The van der Waals surface area contributed by atoms with Crippen LogP contribution in [0.15, 0.2) is 36.4 Å². The lowest BCUT2D eigenvalue weighted by Crippen LogP contribution is -2.27. The van der Waals surface area contributed by atoms with Gasteiger partial charge in [-0.05, 0) is 122 Å². The number of rotatable bonds is 13. The largest absolute Gasteiger partial charge is 0.396 e. The van der Waals surface area contributed by atoms with Crippen molar-refractivity contribution in [2.75, 3.05) is 20.3 Å². The van der Waals surface area contributed by atoms with Crippen molar-refractivity contribution in [1.29, 1.82) is 0 Å². The van der Waals surface area contributed by atoms with E-state index in [1.165, 1.54) is 68.1 Å². The van der Waals surface area contributed by atoms with Crippen LogP contribution in [0.1, 0.15) is 114 Å². The summed E-state index contributed by atoms with van der Waals surface area (Å²) >= 11 is 0. The summed E-state index contributed by atoms with van der Waals surface area (Å²) in [5, 5.41) is 9.63. The molecule has 2 saturated carbocycles. The maximum Gasteiger partial charge on any atom is 0.127 e. The number of aryl methyl sites for hydroxylation is 2. The number of unbranched alkanes of at least 4 members (excludes halogenated alkanes) is 2. The summed E-state index contributed by atoms with van der Waals surface area (Å²) in [7, 11) is 1.74. The zero-order valence-electron chi connectivity index (χ0n) is 24.9. The van der Waals surface area contributed by atoms with Crippen molar-refractivity contribution < 1.29 is 14.2 Å². The molecule has 0 radical (unpaired) electrons. The van der Waals surface area contributed by atoms with Crippen LogP contribution in [0.2, 0.25) is 0 Å². The Morgan fingerprint density at radius 3 is 2.21 bits per heavy atom. The highest BCUT2D eigenvalue weighted by molar-refractivity contribution is 5.68. The van der Waals surface area contributed by atoms with E-state index in [1.54, 1.807) is 13.2 Å². The Kier molecular flexibility index (Phi) is 11.9. The van der Waals surface area contributed by atoms with Crippen molar-refractivity contribution in [3.63, 3.8) is 0 Å². The quantitative estimate of drug-likeness (QED) is 0.258. The highest BCUT2D eigenvalue weighted by Crippen LogP contribution is 2.45. The molecule has 2 aliphatic carbocycles. The topological polar surface area (TPSA) is 29.5 Å². The number of hydrogen-bond donors (Lipinski definition) is 1. The van der Waals surface area contributed by atoms with Crippen LogP contribution >= 0.6 is 0 Å². The van der Waals surface area contributed by atoms with E-state index >= 15 is 0 Å². The van der Waals surface area contributed by atoms with Gasteiger partial charge in [0.15, 0.2) is 0 Å². The van der Waals surface area contributed by atoms with E-state index in [1.807, 2.05) is 6.07 Å². The van der Waals surface area contributed by atoms with E-state index in [0.717, 1.165) is 67.4 Å². The first-order valence-electron chi connectivity index (χ1n) is 16.1. The Morgan fingerprint density at radius 1 is 0.872 bits per heavy atom. The van der Waals surface area contributed by atoms with Crippen LogP contribution in [0, 0.1) is 29.5 Å². The number of halogens is 1. The fraction of sp³-hybridized carbons (Fsp3) is 0.667. The number of methoxy groups -OCH3 is 1. The number of aliphatic hydroxyl groups excluding tert-OH is 1. The van der Waals surface area contributed by atoms with Gasteiger partial charge in [-0.3, -0.25) is 0 Å². The van der Waals surface area contributed by atoms with Crippen LogP contribution in [0.3, 0.4) is 0 Å². The van der Waals surface area contributed by atoms with Gasteiger partial charge in [-0.2, -0.15) is 0 Å². The van der Waals surface area contributed by atoms with E-state index in [0.29, 0.717) is 18.4 Å². The molecule has 0 aromatic heterocycles. The molecule has 3 heteroatoms. The molecule has 0 amide bonds. The molecule has 1 unspecified atom stereocenters. The zero-order chi connectivity index (χ0) is 27.6. The van der Waals surface area contributed by atoms with Gasteiger partial charge in [0.25, 0.3) is 0 Å². The predicted octanol–water partition coefficient (Wildman–Crippen LogP) is 9.51. The summed E-state index contributed by atoms with van der Waals surface area (Å²) in [5.74, 6) is 3.46. The first-order valence-corrected chi connectivity index (χ1v) is 16.1. The maximum absolute atomic E-state index is 14.9. The normalized spacial score (nSPS) is 24.5. The van der Waals surface area contributed by atoms with E-state index < -0.39 is 0 Å². The molecule has 2 aromatic carbocycles. The lowest BCUT2D eigenvalue weighted by molar-refractivity contribution is 0.0807. The molecule has 1 N–H and O–H groups in total. The first-order chi connectivity index (χ1) is 19.1. The SMILES string of the molecule is CCCCCc1ccc(-c2ccc(C3CCC(C4CCC(CC(CO)COC)CC4)CC3)cc2CC)cc1F. The summed E-state index contributed by atoms with van der Waals surface area (Å²) in [6, 6.07) is 12.9. The van der Waals surface area contributed by atoms with Gasteiger partial charge in [0.1, 0.15) is 5.82 Å². The Hall–Kier alpha value is -1.71. The van der Waals surface area contributed by atoms with Crippen LogP contribution < -0.4 is 0 Å². The molecule has 39 heavy (non-hydrogen) atoms. The Bertz CT molecular complexity index is 1000. The van der Waals surface area contributed by atoms with Crippen molar-refractivity contribution in [2.45, 2.75) is 110 Å². The van der Waals surface area contributed by atoms with E-state index in [4.69, 9.17) is 4.74 Å². The van der Waals surface area contributed by atoms with Crippen molar-refractivity contribution in [2.24, 2.45) is 23.7 Å². The van der Waals surface area contributed by atoms with Crippen molar-refractivity contribution in [1.82, 2.24) is 0 Å². The molecule has 0 heterocycles. The monoisotopic (exact) mass is 536 g/mol. The van der Waals surface area contributed by atoms with Crippen molar-refractivity contribution >= 4 is 0 Å². The molecular formula is C36H53FO2. The molecular weight excluding hydrogens is 483 g/mol. The standard InChI is InChI=1S/C36H53FO2/c1-4-6-7-8-32-17-18-34(23-36(32)37)35-20-19-33(22-28(35)5-2)31-15-13-30(14-16-31)29-11-9-26(10-12-29)21-27(24-38)25-39-3/h17-20,22-23,26-27,29-31,38H,4-16,21,24-25H2,1-3H3. The van der Waals surface area contributed by atoms with Gasteiger partial charge in [-0.25, -0.2) is 4.39 Å². The number of benzene rings is 2. The highest BCUT2D eigenvalue weighted by Gasteiger charge is 2.32. The van der Waals surface area contributed by atoms with Crippen molar-refractivity contribution in [3.8, 4) is 11.1 Å². The van der Waals surface area contributed by atoms with Crippen LogP contribution in [0.25, 0.3) is 11.1 Å². The van der Waals surface area contributed by atoms with E-state index in [2.05, 4.69) is 38.1 Å².